The summed E-state index contributed by atoms with van der Waals surface area (Å²) in [6, 6.07) is 11.3. The van der Waals surface area contributed by atoms with E-state index >= 15 is 0 Å². The molecule has 1 aliphatic heterocycles. The minimum Gasteiger partial charge on any atom is -0.482 e. The van der Waals surface area contributed by atoms with Crippen LogP contribution in [-0.4, -0.2) is 43.8 Å². The summed E-state index contributed by atoms with van der Waals surface area (Å²) in [6.45, 7) is 2.20. The lowest BCUT2D eigenvalue weighted by Crippen LogP contribution is -2.35. The van der Waals surface area contributed by atoms with Crippen LogP contribution in [0.3, 0.4) is 0 Å². The van der Waals surface area contributed by atoms with Gasteiger partial charge in [0.2, 0.25) is 5.91 Å². The first-order valence-corrected chi connectivity index (χ1v) is 10.0. The fourth-order valence-electron chi connectivity index (χ4n) is 3.04. The average Bonchev–Trinajstić information content (AvgIpc) is 2.78. The number of hydrogen-bond donors (Lipinski definition) is 1. The number of rotatable bonds is 8. The quantitative estimate of drug-likeness (QED) is 0.516. The van der Waals surface area contributed by atoms with E-state index in [2.05, 4.69) is 5.32 Å². The summed E-state index contributed by atoms with van der Waals surface area (Å²) in [5, 5.41) is 2.69. The van der Waals surface area contributed by atoms with Crippen LogP contribution < -0.4 is 15.0 Å². The lowest BCUT2D eigenvalue weighted by Gasteiger charge is -2.26. The van der Waals surface area contributed by atoms with Gasteiger partial charge in [-0.3, -0.25) is 14.4 Å². The zero-order chi connectivity index (χ0) is 22.4. The molecule has 0 atom stereocenters. The second-order valence-electron chi connectivity index (χ2n) is 7.11. The van der Waals surface area contributed by atoms with Gasteiger partial charge >= 0.3 is 5.97 Å². The second-order valence-corrected chi connectivity index (χ2v) is 7.11. The highest BCUT2D eigenvalue weighted by atomic mass is 16.5. The zero-order valence-electron chi connectivity index (χ0n) is 17.5. The minimum absolute atomic E-state index is 0.00136. The molecule has 2 aromatic carbocycles. The number of benzene rings is 2. The van der Waals surface area contributed by atoms with Crippen LogP contribution in [0, 0.1) is 0 Å². The van der Waals surface area contributed by atoms with Crippen molar-refractivity contribution in [3.8, 4) is 5.75 Å². The highest BCUT2D eigenvalue weighted by Gasteiger charge is 2.23. The normalized spacial score (nSPS) is 12.6. The lowest BCUT2D eigenvalue weighted by molar-refractivity contribution is -0.121. The van der Waals surface area contributed by atoms with Gasteiger partial charge < -0.3 is 19.7 Å². The number of esters is 1. The number of Topliss-reactive ketones (excluding diaryl/α,β-unsaturated/α-hetero) is 1. The van der Waals surface area contributed by atoms with Gasteiger partial charge in [-0.25, -0.2) is 4.79 Å². The van der Waals surface area contributed by atoms with Gasteiger partial charge in [-0.15, -0.1) is 0 Å². The number of ether oxygens (including phenoxy) is 2. The maximum atomic E-state index is 12.5. The fourth-order valence-corrected chi connectivity index (χ4v) is 3.04. The van der Waals surface area contributed by atoms with Crippen LogP contribution in [0.25, 0.3) is 0 Å². The van der Waals surface area contributed by atoms with Gasteiger partial charge in [0.25, 0.3) is 5.91 Å². The van der Waals surface area contributed by atoms with Crippen LogP contribution in [0.4, 0.5) is 11.4 Å². The molecule has 1 N–H and O–H groups in total. The molecule has 1 aliphatic rings. The highest BCUT2D eigenvalue weighted by Crippen LogP contribution is 2.32. The van der Waals surface area contributed by atoms with E-state index in [9.17, 15) is 19.2 Å². The lowest BCUT2D eigenvalue weighted by atomic mass is 10.0. The molecule has 0 bridgehead atoms. The fraction of sp³-hybridized carbons (Fsp3) is 0.304. The Morgan fingerprint density at radius 3 is 2.68 bits per heavy atom. The molecular formula is C23H24N2O6. The van der Waals surface area contributed by atoms with E-state index in [0.29, 0.717) is 34.9 Å². The van der Waals surface area contributed by atoms with Crippen LogP contribution in [0.1, 0.15) is 46.9 Å². The summed E-state index contributed by atoms with van der Waals surface area (Å²) in [5.41, 5.74) is 1.72. The summed E-state index contributed by atoms with van der Waals surface area (Å²) < 4.78 is 10.4. The molecule has 8 heteroatoms. The Balaban J connectivity index is 1.57. The molecule has 0 saturated carbocycles. The number of nitrogens with one attached hydrogen (secondary N) is 1. The van der Waals surface area contributed by atoms with Crippen LogP contribution in [0.2, 0.25) is 0 Å². The first-order valence-electron chi connectivity index (χ1n) is 10.0. The molecule has 0 radical (unpaired) electrons. The van der Waals surface area contributed by atoms with Gasteiger partial charge in [-0.1, -0.05) is 13.0 Å². The molecule has 8 nitrogen and oxygen atoms in total. The van der Waals surface area contributed by atoms with Crippen molar-refractivity contribution in [3.63, 3.8) is 0 Å². The van der Waals surface area contributed by atoms with Gasteiger partial charge in [0, 0.05) is 31.1 Å². The van der Waals surface area contributed by atoms with Crippen molar-refractivity contribution >= 4 is 34.9 Å². The minimum atomic E-state index is -0.451. The summed E-state index contributed by atoms with van der Waals surface area (Å²) >= 11 is 0. The maximum absolute atomic E-state index is 12.5. The molecule has 0 aliphatic carbocycles. The molecule has 3 rings (SSSR count). The number of ketones is 1. The van der Waals surface area contributed by atoms with Crippen molar-refractivity contribution in [2.75, 3.05) is 30.5 Å². The number of carbonyl (C=O) groups excluding carboxylic acids is 4. The van der Waals surface area contributed by atoms with Gasteiger partial charge in [0.15, 0.2) is 12.4 Å². The number of nitrogens with zero attached hydrogens (tertiary/aromatic N) is 1. The Morgan fingerprint density at radius 1 is 1.10 bits per heavy atom. The van der Waals surface area contributed by atoms with Gasteiger partial charge in [0.1, 0.15) is 5.75 Å². The standard InChI is InChI=1S/C23H24N2O6/c1-3-11-30-23(29)16-5-4-6-17(12-16)24-21(27)10-8-19(26)15-7-9-20-18(13-15)25(2)22(28)14-31-20/h4-7,9,12-13H,3,8,10-11,14H2,1-2H3,(H,24,27). The van der Waals surface area contributed by atoms with Crippen molar-refractivity contribution in [2.45, 2.75) is 26.2 Å². The molecule has 2 aromatic rings. The Kier molecular flexibility index (Phi) is 7.02. The van der Waals surface area contributed by atoms with Crippen LogP contribution in [0.15, 0.2) is 42.5 Å². The Labute approximate surface area is 180 Å². The van der Waals surface area contributed by atoms with E-state index in [-0.39, 0.29) is 37.0 Å². The Hall–Kier alpha value is -3.68. The SMILES string of the molecule is CCCOC(=O)c1cccc(NC(=O)CCC(=O)c2ccc3c(c2)N(C)C(=O)CO3)c1. The summed E-state index contributed by atoms with van der Waals surface area (Å²) in [7, 11) is 1.62. The topological polar surface area (TPSA) is 102 Å². The molecular weight excluding hydrogens is 400 g/mol. The molecule has 0 aromatic heterocycles. The van der Waals surface area contributed by atoms with E-state index in [1.807, 2.05) is 6.92 Å². The monoisotopic (exact) mass is 424 g/mol. The van der Waals surface area contributed by atoms with Crippen molar-refractivity contribution in [1.82, 2.24) is 0 Å². The zero-order valence-corrected chi connectivity index (χ0v) is 17.5. The Morgan fingerprint density at radius 2 is 1.90 bits per heavy atom. The number of fused-ring (bicyclic) bond motifs is 1. The number of anilines is 2. The van der Waals surface area contributed by atoms with Gasteiger partial charge in [-0.05, 0) is 42.8 Å². The molecule has 1 heterocycles. The number of carbonyl (C=O) groups is 4. The summed E-state index contributed by atoms with van der Waals surface area (Å²) in [4.78, 5) is 50.0. The first-order chi connectivity index (χ1) is 14.9. The molecule has 0 unspecified atom stereocenters. The van der Waals surface area contributed by atoms with E-state index in [0.717, 1.165) is 6.42 Å². The molecule has 0 fully saturated rings. The van der Waals surface area contributed by atoms with E-state index in [1.165, 1.54) is 11.0 Å². The van der Waals surface area contributed by atoms with E-state index in [1.54, 1.807) is 43.4 Å². The predicted molar refractivity (Wildman–Crippen MR) is 115 cm³/mol. The third kappa shape index (κ3) is 5.48. The molecule has 0 spiro atoms. The number of hydrogen-bond acceptors (Lipinski definition) is 6. The smallest absolute Gasteiger partial charge is 0.338 e. The van der Waals surface area contributed by atoms with E-state index < -0.39 is 5.97 Å². The van der Waals surface area contributed by atoms with Crippen molar-refractivity contribution < 1.29 is 28.7 Å². The van der Waals surface area contributed by atoms with Crippen molar-refractivity contribution in [3.05, 3.63) is 53.6 Å². The highest BCUT2D eigenvalue weighted by molar-refractivity contribution is 6.03. The summed E-state index contributed by atoms with van der Waals surface area (Å²) in [6.07, 6.45) is 0.701. The molecule has 2 amide bonds. The summed E-state index contributed by atoms with van der Waals surface area (Å²) in [5.74, 6) is -0.679. The second kappa shape index (κ2) is 9.88. The average molecular weight is 424 g/mol. The first kappa shape index (κ1) is 22.0. The number of likely N-dealkylation sites (N-methyl/N-ethyl adjacent to an activating group) is 1. The van der Waals surface area contributed by atoms with Crippen LogP contribution in [-0.2, 0) is 14.3 Å². The van der Waals surface area contributed by atoms with Crippen LogP contribution in [0.5, 0.6) is 5.75 Å². The Bertz CT molecular complexity index is 1020. The molecule has 0 saturated heterocycles. The van der Waals surface area contributed by atoms with Crippen molar-refractivity contribution in [1.29, 1.82) is 0 Å². The van der Waals surface area contributed by atoms with E-state index in [4.69, 9.17) is 9.47 Å². The van der Waals surface area contributed by atoms with Gasteiger partial charge in [0.05, 0.1) is 17.9 Å². The molecule has 162 valence electrons. The third-order valence-corrected chi connectivity index (χ3v) is 4.77. The molecule has 31 heavy (non-hydrogen) atoms. The third-order valence-electron chi connectivity index (χ3n) is 4.77. The van der Waals surface area contributed by atoms with Crippen molar-refractivity contribution in [2.24, 2.45) is 0 Å². The maximum Gasteiger partial charge on any atom is 0.338 e. The predicted octanol–water partition coefficient (Wildman–Crippen LogP) is 3.21. The largest absolute Gasteiger partial charge is 0.482 e. The number of amides is 2. The van der Waals surface area contributed by atoms with Crippen LogP contribution >= 0.6 is 0 Å². The van der Waals surface area contributed by atoms with Gasteiger partial charge in [-0.2, -0.15) is 0 Å².